The molecule has 3 heteroatoms. The molecule has 5 aliphatic rings. The van der Waals surface area contributed by atoms with E-state index in [9.17, 15) is 4.79 Å². The maximum Gasteiger partial charge on any atom is 0.226 e. The van der Waals surface area contributed by atoms with E-state index >= 15 is 0 Å². The summed E-state index contributed by atoms with van der Waals surface area (Å²) in [5.74, 6) is 5.60. The molecular formula is C32H48NOY-. The summed E-state index contributed by atoms with van der Waals surface area (Å²) in [6.07, 6.45) is 11.2. The Morgan fingerprint density at radius 1 is 0.943 bits per heavy atom. The Bertz CT molecular complexity index is 973. The van der Waals surface area contributed by atoms with Gasteiger partial charge in [0.1, 0.15) is 0 Å². The number of nitrogens with zero attached hydrogens (tertiary/aromatic N) is 1. The van der Waals surface area contributed by atoms with Crippen molar-refractivity contribution in [1.82, 2.24) is 0 Å². The van der Waals surface area contributed by atoms with E-state index in [1.165, 1.54) is 38.5 Å². The van der Waals surface area contributed by atoms with Crippen LogP contribution in [-0.4, -0.2) is 5.78 Å². The standard InChI is InChI=1S/C32H48NO.Y/c1-19-20(2)26-30(7)18-23(33-10)27(34)29(5,6)24(30)13-16-32(26,9)31(8)15-12-21-11-14-28(3,4)17-22(21)25(19)31;/h18-20,22,24-26H,11-17H2,1-9H3;/q-1;/t19?,20?,22?,24-,25?,26?,30-,31+,32+;/m0./s1. The van der Waals surface area contributed by atoms with Crippen LogP contribution in [0.2, 0.25) is 0 Å². The van der Waals surface area contributed by atoms with Gasteiger partial charge < -0.3 is 10.7 Å². The second-order valence-electron chi connectivity index (χ2n) is 15.3. The molecule has 1 radical (unpaired) electrons. The molecule has 0 N–H and O–H groups in total. The number of rotatable bonds is 0. The van der Waals surface area contributed by atoms with Crippen molar-refractivity contribution >= 4 is 5.78 Å². The molecule has 5 aliphatic carbocycles. The summed E-state index contributed by atoms with van der Waals surface area (Å²) in [6, 6.07) is 0. The molecule has 0 aromatic heterocycles. The van der Waals surface area contributed by atoms with Crippen molar-refractivity contribution in [2.75, 3.05) is 0 Å². The van der Waals surface area contributed by atoms with Gasteiger partial charge in [-0.25, -0.2) is 4.85 Å². The van der Waals surface area contributed by atoms with Gasteiger partial charge in [0.15, 0.2) is 5.78 Å². The normalized spacial score (nSPS) is 50.3. The van der Waals surface area contributed by atoms with Crippen LogP contribution in [0.4, 0.5) is 0 Å². The first-order valence-electron chi connectivity index (χ1n) is 14.1. The van der Waals surface area contributed by atoms with Crippen molar-refractivity contribution < 1.29 is 37.5 Å². The number of carbonyl (C=O) groups excluding carboxylic acids is 1. The number of ketones is 1. The van der Waals surface area contributed by atoms with E-state index in [1.54, 1.807) is 0 Å². The number of carbonyl (C=O) groups is 1. The molecule has 0 aliphatic heterocycles. The van der Waals surface area contributed by atoms with E-state index in [1.807, 2.05) is 5.92 Å². The molecule has 35 heavy (non-hydrogen) atoms. The van der Waals surface area contributed by atoms with Crippen LogP contribution in [0.25, 0.3) is 4.85 Å². The second kappa shape index (κ2) is 8.50. The topological polar surface area (TPSA) is 21.4 Å². The van der Waals surface area contributed by atoms with Gasteiger partial charge in [0.25, 0.3) is 0 Å². The van der Waals surface area contributed by atoms with Crippen LogP contribution >= 0.6 is 0 Å². The third-order valence-electron chi connectivity index (χ3n) is 13.1. The number of fused-ring (bicyclic) bond motifs is 7. The molecule has 0 aromatic carbocycles. The largest absolute Gasteiger partial charge is 0.310 e. The maximum absolute atomic E-state index is 13.3. The fourth-order valence-corrected chi connectivity index (χ4v) is 11.4. The average Bonchev–Trinajstić information content (AvgIpc) is 2.74. The molecule has 0 spiro atoms. The molecule has 0 heterocycles. The predicted molar refractivity (Wildman–Crippen MR) is 139 cm³/mol. The molecule has 0 aromatic rings. The second-order valence-corrected chi connectivity index (χ2v) is 15.3. The molecular weight excluding hydrogens is 503 g/mol. The Morgan fingerprint density at radius 2 is 1.57 bits per heavy atom. The number of hydrogen-bond acceptors (Lipinski definition) is 1. The minimum absolute atomic E-state index is 0. The Morgan fingerprint density at radius 3 is 2.20 bits per heavy atom. The van der Waals surface area contributed by atoms with Crippen molar-refractivity contribution in [1.29, 1.82) is 0 Å². The quantitative estimate of drug-likeness (QED) is 0.277. The first kappa shape index (κ1) is 28.0. The maximum atomic E-state index is 13.3. The Hall–Kier alpha value is 0.00390. The molecule has 0 amide bonds. The third-order valence-corrected chi connectivity index (χ3v) is 13.1. The Kier molecular flexibility index (Phi) is 6.81. The van der Waals surface area contributed by atoms with Crippen molar-refractivity contribution in [2.45, 2.75) is 107 Å². The first-order valence-corrected chi connectivity index (χ1v) is 14.1. The van der Waals surface area contributed by atoms with Gasteiger partial charge in [-0.15, -0.1) is 0 Å². The zero-order valence-electron chi connectivity index (χ0n) is 23.9. The third kappa shape index (κ3) is 3.55. The van der Waals surface area contributed by atoms with Crippen molar-refractivity contribution in [3.8, 4) is 0 Å². The average molecular weight is 552 g/mol. The van der Waals surface area contributed by atoms with Crippen LogP contribution in [0.15, 0.2) is 11.8 Å². The summed E-state index contributed by atoms with van der Waals surface area (Å²) < 4.78 is 0. The molecule has 4 fully saturated rings. The SMILES string of the molecule is [C-]#[N+]C1=C[C@]2(C)C3C(C)C(C)C4C5CC(C)(C)CC[C-]5CC[C@@]4(C)[C@]3(C)CC[C@H]2C(C)(C)C1=O.[Y]. The summed E-state index contributed by atoms with van der Waals surface area (Å²) in [5.41, 5.74) is 0.874. The van der Waals surface area contributed by atoms with E-state index in [-0.39, 0.29) is 49.3 Å². The summed E-state index contributed by atoms with van der Waals surface area (Å²) >= 11 is 0. The smallest absolute Gasteiger partial charge is 0.226 e. The van der Waals surface area contributed by atoms with Gasteiger partial charge in [0.2, 0.25) is 5.70 Å². The molecule has 0 saturated heterocycles. The molecule has 2 nitrogen and oxygen atoms in total. The molecule has 0 bridgehead atoms. The molecule has 9 atom stereocenters. The fraction of sp³-hybridized carbons (Fsp3) is 0.844. The van der Waals surface area contributed by atoms with Crippen LogP contribution in [0.1, 0.15) is 107 Å². The van der Waals surface area contributed by atoms with Crippen LogP contribution < -0.4 is 0 Å². The molecule has 4 saturated carbocycles. The minimum atomic E-state index is -0.452. The molecule has 191 valence electrons. The van der Waals surface area contributed by atoms with Gasteiger partial charge in [-0.05, 0) is 58.2 Å². The molecule has 5 unspecified atom stereocenters. The zero-order valence-corrected chi connectivity index (χ0v) is 26.8. The van der Waals surface area contributed by atoms with E-state index in [4.69, 9.17) is 6.57 Å². The number of hydrogen-bond donors (Lipinski definition) is 0. The van der Waals surface area contributed by atoms with E-state index in [2.05, 4.69) is 73.2 Å². The van der Waals surface area contributed by atoms with E-state index in [0.717, 1.165) is 18.3 Å². The van der Waals surface area contributed by atoms with Crippen LogP contribution in [0.3, 0.4) is 0 Å². The van der Waals surface area contributed by atoms with Crippen molar-refractivity contribution in [3.63, 3.8) is 0 Å². The predicted octanol–water partition coefficient (Wildman–Crippen LogP) is 8.54. The van der Waals surface area contributed by atoms with Gasteiger partial charge in [-0.3, -0.25) is 0 Å². The summed E-state index contributed by atoms with van der Waals surface area (Å²) in [4.78, 5) is 17.1. The van der Waals surface area contributed by atoms with Crippen molar-refractivity contribution in [2.24, 2.45) is 62.6 Å². The van der Waals surface area contributed by atoms with Gasteiger partial charge >= 0.3 is 0 Å². The molecule has 5 rings (SSSR count). The van der Waals surface area contributed by atoms with Gasteiger partial charge in [-0.2, -0.15) is 18.8 Å². The summed E-state index contributed by atoms with van der Waals surface area (Å²) in [7, 11) is 0. The summed E-state index contributed by atoms with van der Waals surface area (Å²) in [6.45, 7) is 30.0. The fourth-order valence-electron chi connectivity index (χ4n) is 11.4. The van der Waals surface area contributed by atoms with Crippen LogP contribution in [0, 0.1) is 75.1 Å². The van der Waals surface area contributed by atoms with Crippen molar-refractivity contribution in [3.05, 3.63) is 29.1 Å². The zero-order chi connectivity index (χ0) is 25.1. The number of Topliss-reactive ketones (excluding diaryl/α,β-unsaturated/α-hetero) is 1. The van der Waals surface area contributed by atoms with Gasteiger partial charge in [0.05, 0.1) is 6.57 Å². The van der Waals surface area contributed by atoms with Crippen LogP contribution in [0.5, 0.6) is 0 Å². The minimum Gasteiger partial charge on any atom is -0.310 e. The number of allylic oxidation sites excluding steroid dienone is 2. The first-order chi connectivity index (χ1) is 15.6. The Balaban J connectivity index is 0.00000289. The van der Waals surface area contributed by atoms with Gasteiger partial charge in [-0.1, -0.05) is 93.6 Å². The van der Waals surface area contributed by atoms with Gasteiger partial charge in [0, 0.05) is 38.1 Å². The van der Waals surface area contributed by atoms with Crippen LogP contribution in [-0.2, 0) is 37.5 Å². The summed E-state index contributed by atoms with van der Waals surface area (Å²) in [5, 5.41) is 0. The van der Waals surface area contributed by atoms with E-state index in [0.29, 0.717) is 40.2 Å². The Labute approximate surface area is 240 Å². The monoisotopic (exact) mass is 551 g/mol. The van der Waals surface area contributed by atoms with E-state index < -0.39 is 5.41 Å².